The predicted molar refractivity (Wildman–Crippen MR) is 73.3 cm³/mol. The molecule has 0 bridgehead atoms. The summed E-state index contributed by atoms with van der Waals surface area (Å²) in [4.78, 5) is 10.8. The number of carboxylic acids is 1. The molecule has 20 heavy (non-hydrogen) atoms. The van der Waals surface area contributed by atoms with Crippen LogP contribution in [0.1, 0.15) is 21.5 Å². The first kappa shape index (κ1) is 14.5. The molecule has 0 heterocycles. The number of carboxylic acid groups (broad SMARTS) is 1. The van der Waals surface area contributed by atoms with Crippen LogP contribution in [0.25, 0.3) is 0 Å². The normalized spacial score (nSPS) is 10.5. The highest BCUT2D eigenvalue weighted by atomic mass is 35.5. The van der Waals surface area contributed by atoms with Crippen molar-refractivity contribution in [3.05, 3.63) is 70.0 Å². The minimum Gasteiger partial charge on any atom is -0.478 e. The fourth-order valence-corrected chi connectivity index (χ4v) is 1.98. The number of carbonyl (C=O) groups is 1. The van der Waals surface area contributed by atoms with E-state index in [1.165, 1.54) is 12.1 Å². The van der Waals surface area contributed by atoms with Crippen LogP contribution in [0.5, 0.6) is 0 Å². The predicted octanol–water partition coefficient (Wildman–Crippen LogP) is 3.89. The molecular formula is C15H12ClFO3. The Balaban J connectivity index is 1.99. The van der Waals surface area contributed by atoms with Gasteiger partial charge in [-0.05, 0) is 41.5 Å². The monoisotopic (exact) mass is 294 g/mol. The lowest BCUT2D eigenvalue weighted by molar-refractivity contribution is 0.0695. The van der Waals surface area contributed by atoms with Gasteiger partial charge in [-0.15, -0.1) is 0 Å². The Morgan fingerprint density at radius 1 is 1.15 bits per heavy atom. The first-order valence-electron chi connectivity index (χ1n) is 5.89. The molecule has 0 aliphatic rings. The molecule has 5 heteroatoms. The molecule has 0 aliphatic heterocycles. The number of rotatable bonds is 5. The number of hydrogen-bond donors (Lipinski definition) is 1. The molecule has 0 spiro atoms. The molecule has 0 aromatic heterocycles. The van der Waals surface area contributed by atoms with Gasteiger partial charge in [0.05, 0.1) is 18.8 Å². The van der Waals surface area contributed by atoms with Gasteiger partial charge < -0.3 is 9.84 Å². The summed E-state index contributed by atoms with van der Waals surface area (Å²) in [5, 5.41) is 9.46. The molecule has 0 unspecified atom stereocenters. The maximum Gasteiger partial charge on any atom is 0.335 e. The van der Waals surface area contributed by atoms with E-state index in [0.717, 1.165) is 11.6 Å². The molecular weight excluding hydrogens is 283 g/mol. The van der Waals surface area contributed by atoms with Crippen molar-refractivity contribution in [3.63, 3.8) is 0 Å². The summed E-state index contributed by atoms with van der Waals surface area (Å²) in [6, 6.07) is 10.8. The molecule has 0 saturated carbocycles. The minimum absolute atomic E-state index is 0.0913. The van der Waals surface area contributed by atoms with E-state index in [2.05, 4.69) is 0 Å². The second-order valence-corrected chi connectivity index (χ2v) is 4.71. The molecule has 0 radical (unpaired) electrons. The molecule has 0 fully saturated rings. The van der Waals surface area contributed by atoms with Crippen molar-refractivity contribution in [1.82, 2.24) is 0 Å². The zero-order chi connectivity index (χ0) is 14.5. The lowest BCUT2D eigenvalue weighted by Gasteiger charge is -2.06. The number of halogens is 2. The molecule has 0 atom stereocenters. The van der Waals surface area contributed by atoms with Crippen molar-refractivity contribution in [2.24, 2.45) is 0 Å². The lowest BCUT2D eigenvalue weighted by Crippen LogP contribution is -2.01. The van der Waals surface area contributed by atoms with Crippen molar-refractivity contribution in [3.8, 4) is 0 Å². The molecule has 0 amide bonds. The van der Waals surface area contributed by atoms with Crippen molar-refractivity contribution < 1.29 is 19.0 Å². The Kier molecular flexibility index (Phi) is 4.71. The van der Waals surface area contributed by atoms with Crippen LogP contribution in [-0.2, 0) is 18.0 Å². The highest BCUT2D eigenvalue weighted by molar-refractivity contribution is 6.30. The highest BCUT2D eigenvalue weighted by Crippen LogP contribution is 2.14. The van der Waals surface area contributed by atoms with E-state index >= 15 is 0 Å². The molecule has 2 rings (SSSR count). The van der Waals surface area contributed by atoms with Crippen molar-refractivity contribution in [2.45, 2.75) is 13.2 Å². The number of benzene rings is 2. The average molecular weight is 295 g/mol. The van der Waals surface area contributed by atoms with Crippen LogP contribution < -0.4 is 0 Å². The summed E-state index contributed by atoms with van der Waals surface area (Å²) in [7, 11) is 0. The van der Waals surface area contributed by atoms with Crippen molar-refractivity contribution in [1.29, 1.82) is 0 Å². The van der Waals surface area contributed by atoms with Gasteiger partial charge in [-0.2, -0.15) is 0 Å². The van der Waals surface area contributed by atoms with Crippen LogP contribution in [0.2, 0.25) is 5.02 Å². The summed E-state index contributed by atoms with van der Waals surface area (Å²) in [6.07, 6.45) is 0. The van der Waals surface area contributed by atoms with E-state index in [4.69, 9.17) is 21.4 Å². The summed E-state index contributed by atoms with van der Waals surface area (Å²) >= 11 is 5.85. The first-order chi connectivity index (χ1) is 9.54. The summed E-state index contributed by atoms with van der Waals surface area (Å²) in [6.45, 7) is 0.448. The number of aromatic carboxylic acids is 1. The van der Waals surface area contributed by atoms with E-state index < -0.39 is 11.8 Å². The smallest absolute Gasteiger partial charge is 0.335 e. The van der Waals surface area contributed by atoms with Gasteiger partial charge >= 0.3 is 5.97 Å². The second-order valence-electron chi connectivity index (χ2n) is 4.28. The minimum atomic E-state index is -1.17. The van der Waals surface area contributed by atoms with Gasteiger partial charge in [0.2, 0.25) is 0 Å². The molecule has 0 saturated heterocycles. The Bertz CT molecular complexity index is 628. The van der Waals surface area contributed by atoms with Crippen molar-refractivity contribution >= 4 is 17.6 Å². The van der Waals surface area contributed by atoms with Crippen LogP contribution >= 0.6 is 11.6 Å². The van der Waals surface area contributed by atoms with E-state index in [-0.39, 0.29) is 12.2 Å². The Morgan fingerprint density at radius 3 is 2.60 bits per heavy atom. The standard InChI is InChI=1S/C15H12ClFO3/c16-13-3-1-2-10(5-13)8-20-9-11-4-12(15(18)19)7-14(17)6-11/h1-7H,8-9H2,(H,18,19). The third-order valence-electron chi connectivity index (χ3n) is 2.63. The van der Waals surface area contributed by atoms with E-state index in [1.54, 1.807) is 12.1 Å². The molecule has 1 N–H and O–H groups in total. The maximum atomic E-state index is 13.3. The fourth-order valence-electron chi connectivity index (χ4n) is 1.77. The van der Waals surface area contributed by atoms with Gasteiger partial charge in [0.25, 0.3) is 0 Å². The fraction of sp³-hybridized carbons (Fsp3) is 0.133. The van der Waals surface area contributed by atoms with E-state index in [9.17, 15) is 9.18 Å². The second kappa shape index (κ2) is 6.50. The quantitative estimate of drug-likeness (QED) is 0.910. The third-order valence-corrected chi connectivity index (χ3v) is 2.87. The summed E-state index contributed by atoms with van der Waals surface area (Å²) in [5.74, 6) is -1.76. The van der Waals surface area contributed by atoms with Crippen LogP contribution in [0, 0.1) is 5.82 Å². The van der Waals surface area contributed by atoms with Gasteiger partial charge in [0, 0.05) is 5.02 Å². The molecule has 104 valence electrons. The molecule has 2 aromatic carbocycles. The van der Waals surface area contributed by atoms with Gasteiger partial charge in [-0.3, -0.25) is 0 Å². The molecule has 3 nitrogen and oxygen atoms in total. The van der Waals surface area contributed by atoms with E-state index in [0.29, 0.717) is 17.2 Å². The average Bonchev–Trinajstić information content (AvgIpc) is 2.38. The summed E-state index contributed by atoms with van der Waals surface area (Å²) < 4.78 is 18.7. The molecule has 2 aromatic rings. The maximum absolute atomic E-state index is 13.3. The summed E-state index contributed by atoms with van der Waals surface area (Å²) in [5.41, 5.74) is 1.28. The molecule has 0 aliphatic carbocycles. The Hall–Kier alpha value is -1.91. The van der Waals surface area contributed by atoms with Gasteiger partial charge in [-0.1, -0.05) is 23.7 Å². The van der Waals surface area contributed by atoms with Gasteiger partial charge in [-0.25, -0.2) is 9.18 Å². The first-order valence-corrected chi connectivity index (χ1v) is 6.27. The number of hydrogen-bond acceptors (Lipinski definition) is 2. The van der Waals surface area contributed by atoms with E-state index in [1.807, 2.05) is 12.1 Å². The Labute approximate surface area is 120 Å². The lowest BCUT2D eigenvalue weighted by atomic mass is 10.1. The largest absolute Gasteiger partial charge is 0.478 e. The zero-order valence-electron chi connectivity index (χ0n) is 10.5. The number of ether oxygens (including phenoxy) is 1. The van der Waals surface area contributed by atoms with Crippen LogP contribution in [-0.4, -0.2) is 11.1 Å². The SMILES string of the molecule is O=C(O)c1cc(F)cc(COCc2cccc(Cl)c2)c1. The van der Waals surface area contributed by atoms with Crippen LogP contribution in [0.15, 0.2) is 42.5 Å². The topological polar surface area (TPSA) is 46.5 Å². The van der Waals surface area contributed by atoms with Gasteiger partial charge in [0.15, 0.2) is 0 Å². The van der Waals surface area contributed by atoms with Crippen molar-refractivity contribution in [2.75, 3.05) is 0 Å². The van der Waals surface area contributed by atoms with Crippen LogP contribution in [0.4, 0.5) is 4.39 Å². The highest BCUT2D eigenvalue weighted by Gasteiger charge is 2.07. The van der Waals surface area contributed by atoms with Crippen LogP contribution in [0.3, 0.4) is 0 Å². The van der Waals surface area contributed by atoms with Gasteiger partial charge in [0.1, 0.15) is 5.82 Å². The zero-order valence-corrected chi connectivity index (χ0v) is 11.2. The Morgan fingerprint density at radius 2 is 1.90 bits per heavy atom. The third kappa shape index (κ3) is 4.05.